The zero-order chi connectivity index (χ0) is 24.7. The van der Waals surface area contributed by atoms with Crippen LogP contribution in [0.15, 0.2) is 0 Å². The van der Waals surface area contributed by atoms with Crippen molar-refractivity contribution >= 4 is 12.2 Å². The van der Waals surface area contributed by atoms with Gasteiger partial charge in [-0.1, -0.05) is 78.1 Å². The minimum Gasteiger partial charge on any atom is -0.396 e. The Kier molecular flexibility index (Phi) is 37.5. The van der Waals surface area contributed by atoms with Gasteiger partial charge in [0.15, 0.2) is 0 Å². The maximum atomic E-state index is 11.4. The lowest BCUT2D eigenvalue weighted by atomic mass is 10.1. The Hall–Kier alpha value is -1.47. The van der Waals surface area contributed by atoms with Crippen LogP contribution in [0.2, 0.25) is 0 Å². The fourth-order valence-electron chi connectivity index (χ4n) is 2.99. The van der Waals surface area contributed by atoms with Gasteiger partial charge in [-0.15, -0.1) is 0 Å². The molecule has 8 heteroatoms. The molecular weight excluding hydrogens is 408 g/mol. The Morgan fingerprint density at radius 1 is 0.844 bits per heavy atom. The summed E-state index contributed by atoms with van der Waals surface area (Å²) < 4.78 is 0. The van der Waals surface area contributed by atoms with Gasteiger partial charge < -0.3 is 26.8 Å². The number of nitrogens with one attached hydrogen (secondary N) is 1. The largest absolute Gasteiger partial charge is 0.396 e. The van der Waals surface area contributed by atoms with Crippen molar-refractivity contribution in [2.45, 2.75) is 104 Å². The Labute approximate surface area is 196 Å². The second-order valence-corrected chi connectivity index (χ2v) is 7.85. The number of nitrogens with zero attached hydrogens (tertiary/aromatic N) is 1. The first kappa shape index (κ1) is 35.1. The summed E-state index contributed by atoms with van der Waals surface area (Å²) in [5, 5.41) is 10.9. The van der Waals surface area contributed by atoms with E-state index in [1.54, 1.807) is 0 Å². The minimum absolute atomic E-state index is 0.134. The molecule has 1 heterocycles. The van der Waals surface area contributed by atoms with E-state index in [-0.39, 0.29) is 18.8 Å². The van der Waals surface area contributed by atoms with Gasteiger partial charge in [0.1, 0.15) is 0 Å². The van der Waals surface area contributed by atoms with Crippen LogP contribution in [-0.2, 0) is 9.59 Å². The fourth-order valence-corrected chi connectivity index (χ4v) is 2.99. The molecular formula is C24H52N4O4. The third-order valence-electron chi connectivity index (χ3n) is 4.87. The van der Waals surface area contributed by atoms with E-state index in [1.807, 2.05) is 4.90 Å². The van der Waals surface area contributed by atoms with Gasteiger partial charge in [-0.3, -0.25) is 0 Å². The van der Waals surface area contributed by atoms with Crippen LogP contribution in [0, 0.1) is 0 Å². The predicted molar refractivity (Wildman–Crippen MR) is 131 cm³/mol. The number of nitrogens with two attached hydrogens (primary N) is 2. The lowest BCUT2D eigenvalue weighted by Gasteiger charge is -2.27. The van der Waals surface area contributed by atoms with Crippen molar-refractivity contribution in [3.8, 4) is 0 Å². The molecule has 0 unspecified atom stereocenters. The highest BCUT2D eigenvalue weighted by Gasteiger charge is 2.15. The predicted octanol–water partition coefficient (Wildman–Crippen LogP) is 3.81. The van der Waals surface area contributed by atoms with Crippen molar-refractivity contribution in [3.05, 3.63) is 0 Å². The van der Waals surface area contributed by atoms with E-state index in [4.69, 9.17) is 26.2 Å². The van der Waals surface area contributed by atoms with Gasteiger partial charge in [-0.25, -0.2) is 4.79 Å². The smallest absolute Gasteiger partial charge is 0.373 e. The Morgan fingerprint density at radius 2 is 1.31 bits per heavy atom. The van der Waals surface area contributed by atoms with E-state index in [2.05, 4.69) is 19.2 Å². The van der Waals surface area contributed by atoms with Gasteiger partial charge in [-0.2, -0.15) is 9.59 Å². The van der Waals surface area contributed by atoms with Crippen LogP contribution in [-0.4, -0.2) is 61.5 Å². The maximum Gasteiger partial charge on any atom is 0.373 e. The van der Waals surface area contributed by atoms with Crippen LogP contribution < -0.4 is 16.8 Å². The Balaban J connectivity index is -0.000000420. The summed E-state index contributed by atoms with van der Waals surface area (Å²) >= 11 is 0. The molecule has 0 bridgehead atoms. The second kappa shape index (κ2) is 34.2. The van der Waals surface area contributed by atoms with Gasteiger partial charge >= 0.3 is 12.2 Å². The van der Waals surface area contributed by atoms with E-state index in [0.717, 1.165) is 45.4 Å². The first-order valence-corrected chi connectivity index (χ1v) is 12.6. The molecule has 0 aliphatic carbocycles. The van der Waals surface area contributed by atoms with E-state index in [0.29, 0.717) is 6.54 Å². The molecule has 1 aliphatic heterocycles. The van der Waals surface area contributed by atoms with Gasteiger partial charge in [0.2, 0.25) is 0 Å². The number of carbonyl (C=O) groups is 1. The van der Waals surface area contributed by atoms with E-state index < -0.39 is 0 Å². The average molecular weight is 461 g/mol. The van der Waals surface area contributed by atoms with Crippen molar-refractivity contribution in [1.82, 2.24) is 10.2 Å². The topological polar surface area (TPSA) is 139 Å². The zero-order valence-corrected chi connectivity index (χ0v) is 20.9. The van der Waals surface area contributed by atoms with E-state index in [1.165, 1.54) is 70.6 Å². The van der Waals surface area contributed by atoms with E-state index >= 15 is 0 Å². The molecule has 0 atom stereocenters. The van der Waals surface area contributed by atoms with E-state index in [9.17, 15) is 4.79 Å². The van der Waals surface area contributed by atoms with Crippen LogP contribution in [0.5, 0.6) is 0 Å². The number of aliphatic hydroxyl groups excluding tert-OH is 1. The Bertz CT molecular complexity index is 384. The second-order valence-electron chi connectivity index (χ2n) is 7.85. The van der Waals surface area contributed by atoms with Crippen LogP contribution in [0.3, 0.4) is 0 Å². The normalized spacial score (nSPS) is 12.2. The first-order chi connectivity index (χ1) is 15.6. The molecule has 1 saturated heterocycles. The molecule has 0 aromatic rings. The SMILES string of the molecule is CCCCCCCCN.CCCCCCCCN1CCCNC1=O.NCCCO.O=C=O. The van der Waals surface area contributed by atoms with Crippen LogP contribution in [0.1, 0.15) is 104 Å². The molecule has 8 nitrogen and oxygen atoms in total. The molecule has 1 fully saturated rings. The summed E-state index contributed by atoms with van der Waals surface area (Å²) in [4.78, 5) is 29.6. The Morgan fingerprint density at radius 3 is 1.72 bits per heavy atom. The first-order valence-electron chi connectivity index (χ1n) is 12.6. The molecule has 32 heavy (non-hydrogen) atoms. The number of rotatable bonds is 15. The summed E-state index contributed by atoms with van der Waals surface area (Å²) in [6.07, 6.45) is 17.9. The average Bonchev–Trinajstić information content (AvgIpc) is 2.79. The summed E-state index contributed by atoms with van der Waals surface area (Å²) in [6.45, 7) is 8.89. The molecule has 0 spiro atoms. The summed E-state index contributed by atoms with van der Waals surface area (Å²) in [5.41, 5.74) is 10.3. The standard InChI is InChI=1S/C12H24N2O.C8H19N.C3H9NO.CO2/c1-2-3-4-5-6-7-10-14-11-8-9-13-12(14)15;1-2-3-4-5-6-7-8-9;4-2-1-3-5;2-1-3/h2-11H2,1H3,(H,13,15);2-9H2,1H3;5H,1-4H2;. The monoisotopic (exact) mass is 460 g/mol. The fraction of sp³-hybridized carbons (Fsp3) is 0.917. The highest BCUT2D eigenvalue weighted by molar-refractivity contribution is 5.74. The van der Waals surface area contributed by atoms with Crippen molar-refractivity contribution in [2.75, 3.05) is 39.3 Å². The number of amides is 2. The highest BCUT2D eigenvalue weighted by atomic mass is 16.3. The summed E-state index contributed by atoms with van der Waals surface area (Å²) in [6, 6.07) is 0.134. The summed E-state index contributed by atoms with van der Waals surface area (Å²) in [7, 11) is 0. The van der Waals surface area contributed by atoms with Gasteiger partial charge in [0.05, 0.1) is 0 Å². The molecule has 0 radical (unpaired) electrons. The van der Waals surface area contributed by atoms with Gasteiger partial charge in [0.25, 0.3) is 0 Å². The van der Waals surface area contributed by atoms with Gasteiger partial charge in [0, 0.05) is 26.2 Å². The van der Waals surface area contributed by atoms with Gasteiger partial charge in [-0.05, 0) is 38.8 Å². The lowest BCUT2D eigenvalue weighted by molar-refractivity contribution is -0.191. The van der Waals surface area contributed by atoms with Crippen molar-refractivity contribution < 1.29 is 19.5 Å². The molecule has 192 valence electrons. The number of hydrogen-bond donors (Lipinski definition) is 4. The van der Waals surface area contributed by atoms with Crippen LogP contribution in [0.4, 0.5) is 4.79 Å². The van der Waals surface area contributed by atoms with Crippen molar-refractivity contribution in [2.24, 2.45) is 11.5 Å². The highest BCUT2D eigenvalue weighted by Crippen LogP contribution is 2.07. The molecule has 6 N–H and O–H groups in total. The molecule has 2 amide bonds. The zero-order valence-electron chi connectivity index (χ0n) is 20.9. The van der Waals surface area contributed by atoms with Crippen molar-refractivity contribution in [3.63, 3.8) is 0 Å². The number of urea groups is 1. The maximum absolute atomic E-state index is 11.4. The number of carbonyl (C=O) groups excluding carboxylic acids is 3. The third-order valence-corrected chi connectivity index (χ3v) is 4.87. The molecule has 1 rings (SSSR count). The number of unbranched alkanes of at least 4 members (excludes halogenated alkanes) is 10. The molecule has 1 aliphatic rings. The van der Waals surface area contributed by atoms with Crippen LogP contribution >= 0.6 is 0 Å². The van der Waals surface area contributed by atoms with Crippen LogP contribution in [0.25, 0.3) is 0 Å². The molecule has 0 saturated carbocycles. The molecule has 0 aromatic heterocycles. The number of hydrogen-bond acceptors (Lipinski definition) is 6. The summed E-state index contributed by atoms with van der Waals surface area (Å²) in [5.74, 6) is 0. The number of aliphatic hydroxyl groups is 1. The lowest BCUT2D eigenvalue weighted by Crippen LogP contribution is -2.46. The quantitative estimate of drug-likeness (QED) is 0.274. The minimum atomic E-state index is 0.134. The third kappa shape index (κ3) is 33.2. The molecule has 0 aromatic carbocycles. The van der Waals surface area contributed by atoms with Crippen molar-refractivity contribution in [1.29, 1.82) is 0 Å².